The van der Waals surface area contributed by atoms with Gasteiger partial charge in [0.1, 0.15) is 0 Å². The van der Waals surface area contributed by atoms with E-state index in [1.807, 2.05) is 37.3 Å². The highest BCUT2D eigenvalue weighted by Gasteiger charge is 2.27. The van der Waals surface area contributed by atoms with Crippen LogP contribution in [-0.2, 0) is 9.53 Å². The molecule has 0 heterocycles. The highest BCUT2D eigenvalue weighted by atomic mass is 16.5. The van der Waals surface area contributed by atoms with Gasteiger partial charge in [0.05, 0.1) is 7.11 Å². The van der Waals surface area contributed by atoms with Crippen LogP contribution >= 0.6 is 0 Å². The summed E-state index contributed by atoms with van der Waals surface area (Å²) in [5.74, 6) is -0.573. The van der Waals surface area contributed by atoms with Gasteiger partial charge in [0, 0.05) is 12.1 Å². The number of hydrogen-bond acceptors (Lipinski definition) is 4. The van der Waals surface area contributed by atoms with Crippen molar-refractivity contribution in [2.75, 3.05) is 7.11 Å². The van der Waals surface area contributed by atoms with Crippen molar-refractivity contribution in [3.63, 3.8) is 0 Å². The molecule has 0 aliphatic heterocycles. The Kier molecular flexibility index (Phi) is 9.57. The molecule has 1 aromatic carbocycles. The van der Waals surface area contributed by atoms with Crippen molar-refractivity contribution >= 4 is 5.97 Å². The van der Waals surface area contributed by atoms with Crippen LogP contribution in [0.1, 0.15) is 64.0 Å². The molecule has 4 heteroatoms. The van der Waals surface area contributed by atoms with Gasteiger partial charge in [-0.1, -0.05) is 69.4 Å². The predicted octanol–water partition coefficient (Wildman–Crippen LogP) is 3.60. The summed E-state index contributed by atoms with van der Waals surface area (Å²) in [5.41, 5.74) is 1.14. The Morgan fingerprint density at radius 2 is 1.83 bits per heavy atom. The van der Waals surface area contributed by atoms with E-state index in [-0.39, 0.29) is 12.1 Å². The fourth-order valence-electron chi connectivity index (χ4n) is 2.74. The predicted molar refractivity (Wildman–Crippen MR) is 93.2 cm³/mol. The number of carbonyl (C=O) groups is 1. The number of rotatable bonds is 11. The third-order valence-electron chi connectivity index (χ3n) is 4.21. The van der Waals surface area contributed by atoms with Crippen molar-refractivity contribution in [1.82, 2.24) is 5.32 Å². The van der Waals surface area contributed by atoms with Crippen molar-refractivity contribution in [3.05, 3.63) is 35.9 Å². The lowest BCUT2D eigenvalue weighted by Crippen LogP contribution is -2.45. The Morgan fingerprint density at radius 1 is 1.17 bits per heavy atom. The molecule has 23 heavy (non-hydrogen) atoms. The topological polar surface area (TPSA) is 58.6 Å². The molecule has 130 valence electrons. The lowest BCUT2D eigenvalue weighted by atomic mass is 9.99. The van der Waals surface area contributed by atoms with Gasteiger partial charge < -0.3 is 15.2 Å². The second kappa shape index (κ2) is 11.2. The van der Waals surface area contributed by atoms with E-state index >= 15 is 0 Å². The molecule has 0 amide bonds. The van der Waals surface area contributed by atoms with Gasteiger partial charge in [0.15, 0.2) is 6.10 Å². The molecule has 1 aromatic rings. The Bertz CT molecular complexity index is 436. The van der Waals surface area contributed by atoms with E-state index in [0.717, 1.165) is 24.8 Å². The zero-order valence-electron chi connectivity index (χ0n) is 14.6. The number of nitrogens with one attached hydrogen (secondary N) is 1. The van der Waals surface area contributed by atoms with Crippen LogP contribution in [0, 0.1) is 0 Å². The van der Waals surface area contributed by atoms with Crippen molar-refractivity contribution in [2.24, 2.45) is 0 Å². The summed E-state index contributed by atoms with van der Waals surface area (Å²) >= 11 is 0. The number of ether oxygens (including phenoxy) is 1. The summed E-state index contributed by atoms with van der Waals surface area (Å²) in [6.07, 6.45) is 5.39. The first-order chi connectivity index (χ1) is 11.1. The largest absolute Gasteiger partial charge is 0.467 e. The highest BCUT2D eigenvalue weighted by Crippen LogP contribution is 2.17. The summed E-state index contributed by atoms with van der Waals surface area (Å²) in [5, 5.41) is 13.6. The van der Waals surface area contributed by atoms with Crippen LogP contribution in [0.4, 0.5) is 0 Å². The van der Waals surface area contributed by atoms with Gasteiger partial charge in [-0.05, 0) is 18.9 Å². The normalized spacial score (nSPS) is 15.0. The lowest BCUT2D eigenvalue weighted by Gasteiger charge is -2.26. The minimum Gasteiger partial charge on any atom is -0.467 e. The smallest absolute Gasteiger partial charge is 0.336 e. The number of benzene rings is 1. The van der Waals surface area contributed by atoms with Crippen LogP contribution in [-0.4, -0.2) is 30.3 Å². The number of aliphatic hydroxyl groups excluding tert-OH is 1. The maximum absolute atomic E-state index is 11.7. The standard InChI is InChI=1S/C19H31NO3/c1-4-5-6-7-11-14-17(18(21)19(22)23-3)20-15(2)16-12-9-8-10-13-16/h8-10,12-13,15,17-18,20-21H,4-7,11,14H2,1-3H3/t15-,17-,18+/m1/s1. The molecule has 0 spiro atoms. The molecular formula is C19H31NO3. The molecule has 0 aliphatic rings. The zero-order valence-corrected chi connectivity index (χ0v) is 14.6. The average Bonchev–Trinajstić information content (AvgIpc) is 2.59. The fourth-order valence-corrected chi connectivity index (χ4v) is 2.74. The van der Waals surface area contributed by atoms with Gasteiger partial charge in [-0.2, -0.15) is 0 Å². The second-order valence-corrected chi connectivity index (χ2v) is 6.08. The van der Waals surface area contributed by atoms with Crippen molar-refractivity contribution in [1.29, 1.82) is 0 Å². The second-order valence-electron chi connectivity index (χ2n) is 6.08. The van der Waals surface area contributed by atoms with Crippen LogP contribution < -0.4 is 5.32 Å². The Labute approximate surface area is 140 Å². The van der Waals surface area contributed by atoms with E-state index in [4.69, 9.17) is 4.74 Å². The van der Waals surface area contributed by atoms with Crippen LogP contribution in [0.5, 0.6) is 0 Å². The lowest BCUT2D eigenvalue weighted by molar-refractivity contribution is -0.152. The van der Waals surface area contributed by atoms with Gasteiger partial charge in [0.25, 0.3) is 0 Å². The summed E-state index contributed by atoms with van der Waals surface area (Å²) in [6, 6.07) is 9.81. The molecule has 0 unspecified atom stereocenters. The summed E-state index contributed by atoms with van der Waals surface area (Å²) in [6.45, 7) is 4.23. The molecular weight excluding hydrogens is 290 g/mol. The van der Waals surface area contributed by atoms with Gasteiger partial charge in [-0.15, -0.1) is 0 Å². The van der Waals surface area contributed by atoms with Crippen LogP contribution in [0.3, 0.4) is 0 Å². The number of unbranched alkanes of at least 4 members (excludes halogenated alkanes) is 4. The molecule has 0 saturated heterocycles. The van der Waals surface area contributed by atoms with E-state index in [1.54, 1.807) is 0 Å². The molecule has 0 aliphatic carbocycles. The van der Waals surface area contributed by atoms with Gasteiger partial charge in [0.2, 0.25) is 0 Å². The minimum absolute atomic E-state index is 0.0659. The SMILES string of the molecule is CCCCCCC[C@@H](N[C@H](C)c1ccccc1)[C@H](O)C(=O)OC. The molecule has 0 bridgehead atoms. The summed E-state index contributed by atoms with van der Waals surface area (Å²) < 4.78 is 4.70. The van der Waals surface area contributed by atoms with Crippen molar-refractivity contribution < 1.29 is 14.6 Å². The third-order valence-corrected chi connectivity index (χ3v) is 4.21. The maximum Gasteiger partial charge on any atom is 0.336 e. The van der Waals surface area contributed by atoms with Crippen molar-refractivity contribution in [2.45, 2.75) is 70.6 Å². The minimum atomic E-state index is -1.13. The molecule has 3 atom stereocenters. The number of methoxy groups -OCH3 is 1. The van der Waals surface area contributed by atoms with E-state index in [2.05, 4.69) is 12.2 Å². The van der Waals surface area contributed by atoms with Gasteiger partial charge in [-0.25, -0.2) is 4.79 Å². The molecule has 0 radical (unpaired) electrons. The number of esters is 1. The first-order valence-electron chi connectivity index (χ1n) is 8.67. The Balaban J connectivity index is 2.61. The average molecular weight is 321 g/mol. The zero-order chi connectivity index (χ0) is 17.1. The van der Waals surface area contributed by atoms with Gasteiger partial charge >= 0.3 is 5.97 Å². The van der Waals surface area contributed by atoms with E-state index in [1.165, 1.54) is 26.4 Å². The number of aliphatic hydroxyl groups is 1. The van der Waals surface area contributed by atoms with Crippen LogP contribution in [0.25, 0.3) is 0 Å². The first kappa shape index (κ1) is 19.7. The maximum atomic E-state index is 11.7. The monoisotopic (exact) mass is 321 g/mol. The van der Waals surface area contributed by atoms with Gasteiger partial charge in [-0.3, -0.25) is 0 Å². The van der Waals surface area contributed by atoms with E-state index < -0.39 is 12.1 Å². The fraction of sp³-hybridized carbons (Fsp3) is 0.632. The van der Waals surface area contributed by atoms with Crippen LogP contribution in [0.15, 0.2) is 30.3 Å². The van der Waals surface area contributed by atoms with E-state index in [9.17, 15) is 9.90 Å². The molecule has 0 saturated carbocycles. The number of carbonyl (C=O) groups excluding carboxylic acids is 1. The summed E-state index contributed by atoms with van der Waals surface area (Å²) in [4.78, 5) is 11.7. The highest BCUT2D eigenvalue weighted by molar-refractivity contribution is 5.75. The Hall–Kier alpha value is -1.39. The quantitative estimate of drug-likeness (QED) is 0.483. The first-order valence-corrected chi connectivity index (χ1v) is 8.67. The van der Waals surface area contributed by atoms with E-state index in [0.29, 0.717) is 0 Å². The summed E-state index contributed by atoms with van der Waals surface area (Å²) in [7, 11) is 1.31. The molecule has 2 N–H and O–H groups in total. The Morgan fingerprint density at radius 3 is 2.43 bits per heavy atom. The number of hydrogen-bond donors (Lipinski definition) is 2. The van der Waals surface area contributed by atoms with Crippen molar-refractivity contribution in [3.8, 4) is 0 Å². The third kappa shape index (κ3) is 7.14. The molecule has 1 rings (SSSR count). The molecule has 0 fully saturated rings. The van der Waals surface area contributed by atoms with Crippen LogP contribution in [0.2, 0.25) is 0 Å². The molecule has 4 nitrogen and oxygen atoms in total. The molecule has 0 aromatic heterocycles.